The minimum Gasteiger partial charge on any atom is -0.460 e. The second kappa shape index (κ2) is 27.5. The number of Topliss-reactive ketones (excluding diaryl/α,β-unsaturated/α-hetero) is 3. The zero-order valence-electron chi connectivity index (χ0n) is 43.1. The Labute approximate surface area is 411 Å². The number of carbonyl (C=O) groups excluding carboxylic acids is 5. The van der Waals surface area contributed by atoms with Gasteiger partial charge in [0.1, 0.15) is 36.8 Å². The Morgan fingerprint density at radius 2 is 1.59 bits per heavy atom. The number of fused-ring (bicyclic) bond motifs is 3. The number of rotatable bonds is 9. The van der Waals surface area contributed by atoms with Gasteiger partial charge in [-0.1, -0.05) is 75.6 Å². The van der Waals surface area contributed by atoms with Crippen molar-refractivity contribution in [2.45, 2.75) is 180 Å². The zero-order valence-corrected chi connectivity index (χ0v) is 44.0. The van der Waals surface area contributed by atoms with Gasteiger partial charge in [-0.2, -0.15) is 0 Å². The lowest BCUT2D eigenvalue weighted by Gasteiger charge is -2.42. The van der Waals surface area contributed by atoms with Crippen LogP contribution in [-0.2, 0) is 57.0 Å². The van der Waals surface area contributed by atoms with Gasteiger partial charge in [0.2, 0.25) is 12.1 Å². The molecule has 69 heavy (non-hydrogen) atoms. The predicted octanol–water partition coefficient (Wildman–Crippen LogP) is 7.62. The predicted molar refractivity (Wildman–Crippen MR) is 262 cm³/mol. The van der Waals surface area contributed by atoms with E-state index in [0.717, 1.165) is 12.0 Å². The van der Waals surface area contributed by atoms with Crippen LogP contribution in [0.25, 0.3) is 0 Å². The molecular weight excluding hydrogens is 906 g/mol. The Hall–Kier alpha value is -3.27. The average molecular weight is 989 g/mol. The summed E-state index contributed by atoms with van der Waals surface area (Å²) < 4.78 is 47.5. The minimum atomic E-state index is -2.44. The van der Waals surface area contributed by atoms with Crippen LogP contribution in [-0.4, -0.2) is 140 Å². The molecule has 3 heterocycles. The highest BCUT2D eigenvalue weighted by Crippen LogP contribution is 2.38. The van der Waals surface area contributed by atoms with E-state index < -0.39 is 85.6 Å². The molecule has 2 bridgehead atoms. The standard InChI is InChI=1S/C53H83NO14P/c1-32-17-13-12-14-18-33(2)44(63-8)29-40-22-20-38(7)53(61,68-40)50(58)51(59)54-24-16-15-19-41(54)52(60)67-45(35(4)27-39-21-23-43(46(28-39)64-9)66-31-69(11)62)30-42(55)34(3)26-37(6)48(57)49(65-10)47(56)36(5)25-32/h12-14,17-18,26,32,34-36,38-41,43-46,48-49,57,61H,15-16,19-25,27-31H2,1-11H3/q+1/b14-12?,17-13+,33-18?,37-26+/t32-,34-,35-,36-,38-,39+,40+,41?,43?,44+,45+,46-,48-,49+,53-/m1/s1. The van der Waals surface area contributed by atoms with Crippen LogP contribution in [0.2, 0.25) is 0 Å². The number of carbonyl (C=O) groups is 5. The number of hydrogen-bond donors (Lipinski definition) is 2. The molecule has 1 aliphatic carbocycles. The Bertz CT molecular complexity index is 1900. The lowest BCUT2D eigenvalue weighted by Crippen LogP contribution is -2.61. The summed E-state index contributed by atoms with van der Waals surface area (Å²) in [5.74, 6) is -8.03. The summed E-state index contributed by atoms with van der Waals surface area (Å²) in [6, 6.07) is -1.15. The number of allylic oxidation sites excluding steroid dienone is 6. The van der Waals surface area contributed by atoms with Crippen LogP contribution in [0.1, 0.15) is 126 Å². The number of amides is 1. The monoisotopic (exact) mass is 989 g/mol. The van der Waals surface area contributed by atoms with Gasteiger partial charge in [-0.25, -0.2) is 4.79 Å². The van der Waals surface area contributed by atoms with Crippen molar-refractivity contribution in [1.82, 2.24) is 4.90 Å². The smallest absolute Gasteiger partial charge is 0.363 e. The van der Waals surface area contributed by atoms with Gasteiger partial charge in [-0.15, -0.1) is 0 Å². The van der Waals surface area contributed by atoms with Gasteiger partial charge in [-0.3, -0.25) is 19.2 Å². The van der Waals surface area contributed by atoms with Crippen molar-refractivity contribution in [3.63, 3.8) is 0 Å². The first-order valence-corrected chi connectivity index (χ1v) is 27.0. The van der Waals surface area contributed by atoms with Crippen LogP contribution in [0.5, 0.6) is 0 Å². The van der Waals surface area contributed by atoms with E-state index in [1.165, 1.54) is 12.0 Å². The van der Waals surface area contributed by atoms with Gasteiger partial charge in [-0.05, 0) is 107 Å². The van der Waals surface area contributed by atoms with E-state index in [1.54, 1.807) is 47.7 Å². The van der Waals surface area contributed by atoms with Gasteiger partial charge in [0.05, 0.1) is 24.4 Å². The fraction of sp³-hybridized carbons (Fsp3) is 0.755. The van der Waals surface area contributed by atoms with Crippen molar-refractivity contribution in [3.05, 3.63) is 47.6 Å². The maximum absolute atomic E-state index is 14.5. The van der Waals surface area contributed by atoms with Crippen molar-refractivity contribution in [2.75, 3.05) is 40.9 Å². The molecule has 3 fully saturated rings. The normalized spacial score (nSPS) is 37.8. The fourth-order valence-corrected chi connectivity index (χ4v) is 10.9. The first kappa shape index (κ1) is 58.3. The summed E-state index contributed by atoms with van der Waals surface area (Å²) in [7, 11) is 3.09. The zero-order chi connectivity index (χ0) is 51.2. The van der Waals surface area contributed by atoms with Crippen molar-refractivity contribution >= 4 is 37.0 Å². The topological polar surface area (TPSA) is 201 Å². The van der Waals surface area contributed by atoms with E-state index in [2.05, 4.69) is 0 Å². The SMILES string of the molecule is CO[C@H]1C[C@@H]2CC[C@@H](C)[C@@](O)(O2)C(=O)C(=O)N2CCCCC2C(=O)O[C@H]([C@H](C)C[C@@H]2CCC(OC[P+](C)=O)[C@H](OC)C2)CC(=O)[C@H](C)/C=C(\C)[C@@H](O)[C@@H](OC)C(=O)[C@H](C)C[C@H](C)/C=C/C=CC=C1C. The molecule has 16 heteroatoms. The second-order valence-corrected chi connectivity index (χ2v) is 22.0. The highest BCUT2D eigenvalue weighted by atomic mass is 31.1. The lowest BCUT2D eigenvalue weighted by atomic mass is 9.78. The number of ether oxygens (including phenoxy) is 6. The minimum absolute atomic E-state index is 0.0133. The van der Waals surface area contributed by atoms with Crippen molar-refractivity contribution in [3.8, 4) is 0 Å². The van der Waals surface area contributed by atoms with Crippen LogP contribution in [0, 0.1) is 35.5 Å². The molecule has 1 saturated carbocycles. The fourth-order valence-electron chi connectivity index (χ4n) is 10.5. The quantitative estimate of drug-likeness (QED) is 0.0989. The molecular formula is C53H83NO14P+. The summed E-state index contributed by atoms with van der Waals surface area (Å²) in [5, 5.41) is 23.5. The van der Waals surface area contributed by atoms with Crippen molar-refractivity contribution in [2.24, 2.45) is 35.5 Å². The van der Waals surface area contributed by atoms with Crippen molar-refractivity contribution < 1.29 is 67.2 Å². The number of ketones is 3. The molecule has 3 unspecified atom stereocenters. The molecule has 16 atom stereocenters. The third-order valence-corrected chi connectivity index (χ3v) is 15.4. The number of methoxy groups -OCH3 is 3. The highest BCUT2D eigenvalue weighted by molar-refractivity contribution is 7.43. The Balaban J connectivity index is 1.70. The summed E-state index contributed by atoms with van der Waals surface area (Å²) in [4.78, 5) is 72.2. The summed E-state index contributed by atoms with van der Waals surface area (Å²) in [6.45, 7) is 14.4. The molecule has 15 nitrogen and oxygen atoms in total. The van der Waals surface area contributed by atoms with Crippen LogP contribution < -0.4 is 0 Å². The second-order valence-electron chi connectivity index (χ2n) is 20.5. The molecule has 0 spiro atoms. The third kappa shape index (κ3) is 16.1. The van der Waals surface area contributed by atoms with Gasteiger partial charge in [0.25, 0.3) is 11.7 Å². The molecule has 0 aromatic heterocycles. The van der Waals surface area contributed by atoms with Gasteiger partial charge in [0, 0.05) is 58.5 Å². The number of aliphatic hydroxyl groups is 2. The number of piperidine rings is 1. The highest BCUT2D eigenvalue weighted by Gasteiger charge is 2.53. The van der Waals surface area contributed by atoms with E-state index in [4.69, 9.17) is 28.4 Å². The van der Waals surface area contributed by atoms with Crippen LogP contribution >= 0.6 is 7.80 Å². The van der Waals surface area contributed by atoms with E-state index in [9.17, 15) is 38.8 Å². The molecule has 0 aromatic carbocycles. The van der Waals surface area contributed by atoms with Crippen LogP contribution in [0.4, 0.5) is 0 Å². The molecule has 2 N–H and O–H groups in total. The van der Waals surface area contributed by atoms with Crippen LogP contribution in [0.3, 0.4) is 0 Å². The maximum atomic E-state index is 14.5. The molecule has 388 valence electrons. The Kier molecular flexibility index (Phi) is 23.3. The van der Waals surface area contributed by atoms with E-state index >= 15 is 0 Å². The summed E-state index contributed by atoms with van der Waals surface area (Å²) >= 11 is 0. The first-order chi connectivity index (χ1) is 32.6. The molecule has 4 rings (SSSR count). The average Bonchev–Trinajstić information content (AvgIpc) is 3.32. The molecule has 0 aromatic rings. The molecule has 4 aliphatic rings. The van der Waals surface area contributed by atoms with E-state index in [1.807, 2.05) is 58.1 Å². The van der Waals surface area contributed by atoms with Gasteiger partial charge < -0.3 is 43.5 Å². The molecule has 3 aliphatic heterocycles. The Morgan fingerprint density at radius 3 is 2.26 bits per heavy atom. The van der Waals surface area contributed by atoms with Crippen LogP contribution in [0.15, 0.2) is 47.6 Å². The van der Waals surface area contributed by atoms with Gasteiger partial charge in [0.15, 0.2) is 5.78 Å². The summed E-state index contributed by atoms with van der Waals surface area (Å²) in [6.07, 6.45) is 11.9. The number of nitrogens with zero attached hydrogens (tertiary/aromatic N) is 1. The Morgan fingerprint density at radius 1 is 0.870 bits per heavy atom. The molecule has 0 radical (unpaired) electrons. The molecule has 1 amide bonds. The third-order valence-electron chi connectivity index (χ3n) is 14.9. The van der Waals surface area contributed by atoms with E-state index in [0.29, 0.717) is 63.4 Å². The number of aliphatic hydroxyl groups excluding tert-OH is 1. The lowest BCUT2D eigenvalue weighted by molar-refractivity contribution is -0.265. The largest absolute Gasteiger partial charge is 0.460 e. The van der Waals surface area contributed by atoms with E-state index in [-0.39, 0.29) is 67.3 Å². The number of cyclic esters (lactones) is 1. The number of hydrogen-bond acceptors (Lipinski definition) is 14. The van der Waals surface area contributed by atoms with Gasteiger partial charge >= 0.3 is 13.8 Å². The molecule has 2 saturated heterocycles. The van der Waals surface area contributed by atoms with Crippen molar-refractivity contribution in [1.29, 1.82) is 0 Å². The number of esters is 1. The summed E-state index contributed by atoms with van der Waals surface area (Å²) in [5.41, 5.74) is 1.26. The first-order valence-electron chi connectivity index (χ1n) is 25.1. The maximum Gasteiger partial charge on any atom is 0.363 e.